The van der Waals surface area contributed by atoms with Crippen LogP contribution in [-0.2, 0) is 11.2 Å². The van der Waals surface area contributed by atoms with Crippen LogP contribution in [-0.4, -0.2) is 22.6 Å². The van der Waals surface area contributed by atoms with Crippen LogP contribution in [0.4, 0.5) is 5.69 Å². The number of carbonyl (C=O) groups excluding carboxylic acids is 1. The van der Waals surface area contributed by atoms with Crippen molar-refractivity contribution in [3.63, 3.8) is 0 Å². The number of aryl methyl sites for hydroxylation is 1. The number of benzene rings is 1. The van der Waals surface area contributed by atoms with Gasteiger partial charge >= 0.3 is 0 Å². The summed E-state index contributed by atoms with van der Waals surface area (Å²) >= 11 is 1.55. The lowest BCUT2D eigenvalue weighted by Crippen LogP contribution is -2.07. The molecule has 2 aromatic rings. The Labute approximate surface area is 121 Å². The van der Waals surface area contributed by atoms with E-state index < -0.39 is 0 Å². The summed E-state index contributed by atoms with van der Waals surface area (Å²) in [6.07, 6.45) is 3.78. The fourth-order valence-electron chi connectivity index (χ4n) is 1.69. The summed E-state index contributed by atoms with van der Waals surface area (Å²) in [6.45, 7) is 2.05. The van der Waals surface area contributed by atoms with Gasteiger partial charge in [-0.1, -0.05) is 12.1 Å². The third-order valence-corrected chi connectivity index (χ3v) is 3.46. The smallest absolute Gasteiger partial charge is 0.248 e. The molecule has 104 valence electrons. The second-order valence-electron chi connectivity index (χ2n) is 4.28. The Hall–Kier alpha value is -1.98. The van der Waals surface area contributed by atoms with Crippen LogP contribution in [0.5, 0.6) is 0 Å². The van der Waals surface area contributed by atoms with Crippen molar-refractivity contribution in [2.75, 3.05) is 11.9 Å². The highest BCUT2D eigenvalue weighted by molar-refractivity contribution is 7.09. The molecule has 1 aromatic carbocycles. The highest BCUT2D eigenvalue weighted by Crippen LogP contribution is 2.11. The number of rotatable bonds is 5. The fourth-order valence-corrected chi connectivity index (χ4v) is 2.27. The SMILES string of the molecule is Cc1nc(/C=C/C(=O)Nc2ccc(CCO)cc2)cs1. The Morgan fingerprint density at radius 2 is 2.15 bits per heavy atom. The van der Waals surface area contributed by atoms with E-state index in [1.807, 2.05) is 36.6 Å². The molecule has 4 nitrogen and oxygen atoms in total. The van der Waals surface area contributed by atoms with Gasteiger partial charge in [-0.3, -0.25) is 4.79 Å². The van der Waals surface area contributed by atoms with E-state index in [4.69, 9.17) is 5.11 Å². The standard InChI is InChI=1S/C15H16N2O2S/c1-11-16-14(10-20-11)6-7-15(19)17-13-4-2-12(3-5-13)8-9-18/h2-7,10,18H,8-9H2,1H3,(H,17,19)/b7-6+. The molecule has 0 saturated heterocycles. The first-order valence-electron chi connectivity index (χ1n) is 6.28. The Balaban J connectivity index is 1.92. The first kappa shape index (κ1) is 14.4. The Morgan fingerprint density at radius 3 is 2.75 bits per heavy atom. The highest BCUT2D eigenvalue weighted by Gasteiger charge is 1.99. The number of carbonyl (C=O) groups is 1. The molecule has 0 saturated carbocycles. The van der Waals surface area contributed by atoms with E-state index >= 15 is 0 Å². The van der Waals surface area contributed by atoms with Gasteiger partial charge in [0.25, 0.3) is 0 Å². The molecular weight excluding hydrogens is 272 g/mol. The number of nitrogens with zero attached hydrogens (tertiary/aromatic N) is 1. The number of aliphatic hydroxyl groups is 1. The van der Waals surface area contributed by atoms with Crippen molar-refractivity contribution in [3.05, 3.63) is 52.0 Å². The second-order valence-corrected chi connectivity index (χ2v) is 5.35. The van der Waals surface area contributed by atoms with Crippen LogP contribution in [0.1, 0.15) is 16.3 Å². The zero-order valence-electron chi connectivity index (χ0n) is 11.2. The first-order chi connectivity index (χ1) is 9.67. The van der Waals surface area contributed by atoms with Crippen LogP contribution in [0.3, 0.4) is 0 Å². The predicted molar refractivity (Wildman–Crippen MR) is 81.7 cm³/mol. The van der Waals surface area contributed by atoms with E-state index in [2.05, 4.69) is 10.3 Å². The largest absolute Gasteiger partial charge is 0.396 e. The van der Waals surface area contributed by atoms with Crippen molar-refractivity contribution in [1.29, 1.82) is 0 Å². The van der Waals surface area contributed by atoms with Crippen LogP contribution in [0.2, 0.25) is 0 Å². The second kappa shape index (κ2) is 6.98. The van der Waals surface area contributed by atoms with Gasteiger partial charge in [-0.2, -0.15) is 0 Å². The lowest BCUT2D eigenvalue weighted by Gasteiger charge is -2.03. The highest BCUT2D eigenvalue weighted by atomic mass is 32.1. The summed E-state index contributed by atoms with van der Waals surface area (Å²) in [5, 5.41) is 14.5. The molecule has 20 heavy (non-hydrogen) atoms. The zero-order chi connectivity index (χ0) is 14.4. The van der Waals surface area contributed by atoms with E-state index in [1.54, 1.807) is 17.4 Å². The summed E-state index contributed by atoms with van der Waals surface area (Å²) in [5.41, 5.74) is 2.57. The minimum Gasteiger partial charge on any atom is -0.396 e. The molecule has 5 heteroatoms. The number of thiazole rings is 1. The molecule has 0 bridgehead atoms. The van der Waals surface area contributed by atoms with Crippen LogP contribution in [0.25, 0.3) is 6.08 Å². The Bertz CT molecular complexity index is 603. The van der Waals surface area contributed by atoms with Gasteiger partial charge in [0.2, 0.25) is 5.91 Å². The number of anilines is 1. The van der Waals surface area contributed by atoms with Gasteiger partial charge in [0.1, 0.15) is 0 Å². The number of aliphatic hydroxyl groups excluding tert-OH is 1. The molecule has 0 aliphatic heterocycles. The quantitative estimate of drug-likeness (QED) is 0.831. The Morgan fingerprint density at radius 1 is 1.40 bits per heavy atom. The fraction of sp³-hybridized carbons (Fsp3) is 0.200. The van der Waals surface area contributed by atoms with Crippen molar-refractivity contribution in [1.82, 2.24) is 4.98 Å². The van der Waals surface area contributed by atoms with E-state index in [9.17, 15) is 4.79 Å². The molecule has 1 heterocycles. The van der Waals surface area contributed by atoms with E-state index in [1.165, 1.54) is 6.08 Å². The zero-order valence-corrected chi connectivity index (χ0v) is 12.0. The monoisotopic (exact) mass is 288 g/mol. The first-order valence-corrected chi connectivity index (χ1v) is 7.16. The number of nitrogens with one attached hydrogen (secondary N) is 1. The minimum atomic E-state index is -0.189. The maximum atomic E-state index is 11.7. The molecular formula is C15H16N2O2S. The van der Waals surface area contributed by atoms with Crippen molar-refractivity contribution < 1.29 is 9.90 Å². The van der Waals surface area contributed by atoms with Gasteiger partial charge in [-0.05, 0) is 37.1 Å². The van der Waals surface area contributed by atoms with Crippen LogP contribution in [0, 0.1) is 6.92 Å². The molecule has 0 spiro atoms. The third kappa shape index (κ3) is 4.29. The van der Waals surface area contributed by atoms with Gasteiger partial charge < -0.3 is 10.4 Å². The summed E-state index contributed by atoms with van der Waals surface area (Å²) < 4.78 is 0. The minimum absolute atomic E-state index is 0.126. The number of hydrogen-bond donors (Lipinski definition) is 2. The van der Waals surface area contributed by atoms with Gasteiger partial charge in [0.05, 0.1) is 10.7 Å². The number of amides is 1. The van der Waals surface area contributed by atoms with E-state index in [-0.39, 0.29) is 12.5 Å². The lowest BCUT2D eigenvalue weighted by molar-refractivity contribution is -0.111. The molecule has 0 unspecified atom stereocenters. The van der Waals surface area contributed by atoms with Gasteiger partial charge in [0.15, 0.2) is 0 Å². The maximum absolute atomic E-state index is 11.7. The van der Waals surface area contributed by atoms with Crippen LogP contribution < -0.4 is 5.32 Å². The van der Waals surface area contributed by atoms with Crippen LogP contribution in [0.15, 0.2) is 35.7 Å². The third-order valence-electron chi connectivity index (χ3n) is 2.66. The molecule has 1 aromatic heterocycles. The average Bonchev–Trinajstić information content (AvgIpc) is 2.85. The molecule has 2 rings (SSSR count). The van der Waals surface area contributed by atoms with Gasteiger partial charge in [-0.25, -0.2) is 4.98 Å². The van der Waals surface area contributed by atoms with Crippen molar-refractivity contribution in [3.8, 4) is 0 Å². The lowest BCUT2D eigenvalue weighted by atomic mass is 10.1. The van der Waals surface area contributed by atoms with Crippen molar-refractivity contribution in [2.24, 2.45) is 0 Å². The van der Waals surface area contributed by atoms with E-state index in [0.29, 0.717) is 6.42 Å². The summed E-state index contributed by atoms with van der Waals surface area (Å²) in [4.78, 5) is 16.0. The number of hydrogen-bond acceptors (Lipinski definition) is 4. The molecule has 2 N–H and O–H groups in total. The molecule has 0 fully saturated rings. The van der Waals surface area contributed by atoms with Gasteiger partial charge in [0, 0.05) is 23.8 Å². The van der Waals surface area contributed by atoms with E-state index in [0.717, 1.165) is 22.0 Å². The normalized spacial score (nSPS) is 10.9. The molecule has 0 radical (unpaired) electrons. The molecule has 0 atom stereocenters. The predicted octanol–water partition coefficient (Wildman–Crippen LogP) is 2.64. The summed E-state index contributed by atoms with van der Waals surface area (Å²) in [6, 6.07) is 7.42. The molecule has 0 aliphatic carbocycles. The summed E-state index contributed by atoms with van der Waals surface area (Å²) in [5.74, 6) is -0.189. The van der Waals surface area contributed by atoms with Crippen LogP contribution >= 0.6 is 11.3 Å². The summed E-state index contributed by atoms with van der Waals surface area (Å²) in [7, 11) is 0. The maximum Gasteiger partial charge on any atom is 0.248 e. The average molecular weight is 288 g/mol. The van der Waals surface area contributed by atoms with Gasteiger partial charge in [-0.15, -0.1) is 11.3 Å². The number of aromatic nitrogens is 1. The molecule has 0 aliphatic rings. The molecule has 1 amide bonds. The topological polar surface area (TPSA) is 62.2 Å². The van der Waals surface area contributed by atoms with Crippen molar-refractivity contribution in [2.45, 2.75) is 13.3 Å². The Kier molecular flexibility index (Phi) is 5.03. The van der Waals surface area contributed by atoms with Crippen molar-refractivity contribution >= 4 is 29.0 Å².